The number of carbonyl (C=O) groups is 1. The standard InChI is InChI=1S/C19H30O4S/c1-2-3-4-5-9-15-19(18(21)14-10-11-16-20)24(22,23)17-12-7-6-8-13-17/h6-8,12-13,19-20H,2-5,9-11,14-16H2,1H3. The lowest BCUT2D eigenvalue weighted by Gasteiger charge is -2.17. The molecule has 24 heavy (non-hydrogen) atoms. The number of ketones is 1. The van der Waals surface area contributed by atoms with Crippen LogP contribution in [0.5, 0.6) is 0 Å². The van der Waals surface area contributed by atoms with E-state index in [0.29, 0.717) is 19.3 Å². The molecule has 5 heteroatoms. The largest absolute Gasteiger partial charge is 0.396 e. The van der Waals surface area contributed by atoms with Gasteiger partial charge in [0.15, 0.2) is 15.6 Å². The maximum absolute atomic E-state index is 12.9. The van der Waals surface area contributed by atoms with Gasteiger partial charge in [0.05, 0.1) is 4.90 Å². The van der Waals surface area contributed by atoms with Crippen molar-refractivity contribution in [3.63, 3.8) is 0 Å². The Morgan fingerprint density at radius 2 is 1.67 bits per heavy atom. The predicted molar refractivity (Wildman–Crippen MR) is 96.7 cm³/mol. The molecule has 1 aromatic carbocycles. The summed E-state index contributed by atoms with van der Waals surface area (Å²) in [5.74, 6) is -0.220. The molecule has 0 radical (unpaired) electrons. The van der Waals surface area contributed by atoms with Gasteiger partial charge < -0.3 is 5.11 Å². The fourth-order valence-corrected chi connectivity index (χ4v) is 4.57. The van der Waals surface area contributed by atoms with Gasteiger partial charge in [0.25, 0.3) is 0 Å². The first-order valence-corrected chi connectivity index (χ1v) is 10.5. The van der Waals surface area contributed by atoms with Crippen LogP contribution >= 0.6 is 0 Å². The average Bonchev–Trinajstić information content (AvgIpc) is 2.58. The zero-order valence-corrected chi connectivity index (χ0v) is 15.4. The summed E-state index contributed by atoms with van der Waals surface area (Å²) in [4.78, 5) is 12.7. The molecule has 4 nitrogen and oxygen atoms in total. The van der Waals surface area contributed by atoms with Gasteiger partial charge in [-0.25, -0.2) is 8.42 Å². The van der Waals surface area contributed by atoms with Crippen LogP contribution in [0.4, 0.5) is 0 Å². The Balaban J connectivity index is 2.81. The van der Waals surface area contributed by atoms with Crippen LogP contribution in [0, 0.1) is 0 Å². The van der Waals surface area contributed by atoms with E-state index in [4.69, 9.17) is 5.11 Å². The molecule has 0 aliphatic heterocycles. The number of sulfone groups is 1. The second-order valence-corrected chi connectivity index (χ2v) is 8.33. The number of Topliss-reactive ketones (excluding diaryl/α,β-unsaturated/α-hetero) is 1. The minimum absolute atomic E-state index is 0.0282. The fourth-order valence-electron chi connectivity index (χ4n) is 2.77. The zero-order chi connectivity index (χ0) is 17.8. The summed E-state index contributed by atoms with van der Waals surface area (Å²) in [6.45, 7) is 2.16. The molecule has 0 spiro atoms. The number of unbranched alkanes of at least 4 members (excludes halogenated alkanes) is 5. The number of rotatable bonds is 13. The van der Waals surface area contributed by atoms with Crippen LogP contribution in [0.3, 0.4) is 0 Å². The highest BCUT2D eigenvalue weighted by Gasteiger charge is 2.32. The molecular formula is C19H30O4S. The quantitative estimate of drug-likeness (QED) is 0.545. The van der Waals surface area contributed by atoms with Crippen LogP contribution < -0.4 is 0 Å². The van der Waals surface area contributed by atoms with Crippen molar-refractivity contribution in [1.82, 2.24) is 0 Å². The van der Waals surface area contributed by atoms with E-state index in [9.17, 15) is 13.2 Å². The van der Waals surface area contributed by atoms with Crippen molar-refractivity contribution in [3.05, 3.63) is 30.3 Å². The molecule has 0 fully saturated rings. The summed E-state index contributed by atoms with van der Waals surface area (Å²) in [5, 5.41) is 7.89. The molecule has 1 N–H and O–H groups in total. The number of hydrogen-bond donors (Lipinski definition) is 1. The fraction of sp³-hybridized carbons (Fsp3) is 0.632. The molecule has 136 valence electrons. The molecule has 0 amide bonds. The third-order valence-electron chi connectivity index (χ3n) is 4.21. The molecular weight excluding hydrogens is 324 g/mol. The number of carbonyl (C=O) groups excluding carboxylic acids is 1. The molecule has 1 atom stereocenters. The molecule has 0 bridgehead atoms. The van der Waals surface area contributed by atoms with Crippen molar-refractivity contribution < 1.29 is 18.3 Å². The Morgan fingerprint density at radius 3 is 2.29 bits per heavy atom. The first kappa shape index (κ1) is 20.8. The smallest absolute Gasteiger partial charge is 0.188 e. The lowest BCUT2D eigenvalue weighted by Crippen LogP contribution is -2.30. The molecule has 1 rings (SSSR count). The van der Waals surface area contributed by atoms with Crippen LogP contribution in [-0.2, 0) is 14.6 Å². The lowest BCUT2D eigenvalue weighted by atomic mass is 10.0. The monoisotopic (exact) mass is 354 g/mol. The number of hydrogen-bond acceptors (Lipinski definition) is 4. The highest BCUT2D eigenvalue weighted by atomic mass is 32.2. The maximum atomic E-state index is 12.9. The van der Waals surface area contributed by atoms with Gasteiger partial charge in [0.2, 0.25) is 0 Å². The van der Waals surface area contributed by atoms with Gasteiger partial charge in [-0.15, -0.1) is 0 Å². The number of benzene rings is 1. The summed E-state index contributed by atoms with van der Waals surface area (Å²) in [6.07, 6.45) is 6.72. The average molecular weight is 355 g/mol. The van der Waals surface area contributed by atoms with Crippen LogP contribution in [-0.4, -0.2) is 31.2 Å². The second-order valence-electron chi connectivity index (χ2n) is 6.20. The first-order valence-electron chi connectivity index (χ1n) is 8.96. The van der Waals surface area contributed by atoms with Crippen LogP contribution in [0.15, 0.2) is 35.2 Å². The first-order chi connectivity index (χ1) is 11.5. The van der Waals surface area contributed by atoms with Crippen LogP contribution in [0.25, 0.3) is 0 Å². The Hall–Kier alpha value is -1.20. The minimum atomic E-state index is -3.64. The van der Waals surface area contributed by atoms with Crippen molar-refractivity contribution in [2.45, 2.75) is 74.9 Å². The van der Waals surface area contributed by atoms with Gasteiger partial charge in [-0.1, -0.05) is 57.2 Å². The number of aliphatic hydroxyl groups is 1. The Kier molecular flexibility index (Phi) is 9.88. The molecule has 0 heterocycles. The van der Waals surface area contributed by atoms with Gasteiger partial charge in [0, 0.05) is 13.0 Å². The molecule has 1 aromatic rings. The summed E-state index contributed by atoms with van der Waals surface area (Å²) >= 11 is 0. The van der Waals surface area contributed by atoms with E-state index in [2.05, 4.69) is 6.92 Å². The molecule has 1 unspecified atom stereocenters. The molecule has 0 aromatic heterocycles. The summed E-state index contributed by atoms with van der Waals surface area (Å²) < 4.78 is 25.7. The SMILES string of the molecule is CCCCCCCC(C(=O)CCCCO)S(=O)(=O)c1ccccc1. The zero-order valence-electron chi connectivity index (χ0n) is 14.6. The van der Waals surface area contributed by atoms with Crippen LogP contribution in [0.2, 0.25) is 0 Å². The highest BCUT2D eigenvalue weighted by molar-refractivity contribution is 7.92. The highest BCUT2D eigenvalue weighted by Crippen LogP contribution is 2.23. The van der Waals surface area contributed by atoms with Gasteiger partial charge in [0.1, 0.15) is 5.25 Å². The van der Waals surface area contributed by atoms with Gasteiger partial charge in [-0.05, 0) is 31.4 Å². The molecule has 0 aliphatic carbocycles. The Morgan fingerprint density at radius 1 is 1.00 bits per heavy atom. The minimum Gasteiger partial charge on any atom is -0.396 e. The van der Waals surface area contributed by atoms with Crippen molar-refractivity contribution in [1.29, 1.82) is 0 Å². The van der Waals surface area contributed by atoms with E-state index in [1.807, 2.05) is 0 Å². The lowest BCUT2D eigenvalue weighted by molar-refractivity contribution is -0.118. The van der Waals surface area contributed by atoms with E-state index < -0.39 is 15.1 Å². The Labute approximate surface area is 146 Å². The van der Waals surface area contributed by atoms with E-state index in [1.165, 1.54) is 0 Å². The van der Waals surface area contributed by atoms with E-state index in [1.54, 1.807) is 30.3 Å². The second kappa shape index (κ2) is 11.4. The van der Waals surface area contributed by atoms with E-state index in [0.717, 1.165) is 32.1 Å². The summed E-state index contributed by atoms with van der Waals surface area (Å²) in [7, 11) is -3.64. The normalized spacial score (nSPS) is 12.9. The van der Waals surface area contributed by atoms with Crippen molar-refractivity contribution in [3.8, 4) is 0 Å². The predicted octanol–water partition coefficient (Wildman–Crippen LogP) is 3.92. The molecule has 0 aliphatic rings. The van der Waals surface area contributed by atoms with Crippen molar-refractivity contribution in [2.24, 2.45) is 0 Å². The Bertz CT molecular complexity index is 566. The third-order valence-corrected chi connectivity index (χ3v) is 6.38. The van der Waals surface area contributed by atoms with Gasteiger partial charge in [-0.3, -0.25) is 4.79 Å². The summed E-state index contributed by atoms with van der Waals surface area (Å²) in [6, 6.07) is 8.24. The molecule has 0 saturated heterocycles. The van der Waals surface area contributed by atoms with Gasteiger partial charge in [-0.2, -0.15) is 0 Å². The van der Waals surface area contributed by atoms with Crippen molar-refractivity contribution in [2.75, 3.05) is 6.61 Å². The number of aliphatic hydroxyl groups excluding tert-OH is 1. The van der Waals surface area contributed by atoms with Crippen LogP contribution in [0.1, 0.15) is 64.7 Å². The maximum Gasteiger partial charge on any atom is 0.188 e. The van der Waals surface area contributed by atoms with Crippen molar-refractivity contribution >= 4 is 15.6 Å². The molecule has 0 saturated carbocycles. The van der Waals surface area contributed by atoms with E-state index in [-0.39, 0.29) is 23.7 Å². The van der Waals surface area contributed by atoms with Gasteiger partial charge >= 0.3 is 0 Å². The third kappa shape index (κ3) is 6.73. The topological polar surface area (TPSA) is 71.4 Å². The summed E-state index contributed by atoms with van der Waals surface area (Å²) in [5.41, 5.74) is 0. The van der Waals surface area contributed by atoms with E-state index >= 15 is 0 Å².